The molecule has 0 atom stereocenters. The smallest absolute Gasteiger partial charge is 0.274 e. The summed E-state index contributed by atoms with van der Waals surface area (Å²) in [5.74, 6) is 0.0596. The van der Waals surface area contributed by atoms with Crippen molar-refractivity contribution in [2.75, 3.05) is 19.6 Å². The van der Waals surface area contributed by atoms with Crippen LogP contribution in [0.25, 0.3) is 10.8 Å². The number of carbonyl (C=O) groups is 1. The molecule has 0 bridgehead atoms. The minimum Gasteiger partial charge on any atom is -0.350 e. The fourth-order valence-electron chi connectivity index (χ4n) is 3.46. The Labute approximate surface area is 166 Å². The van der Waals surface area contributed by atoms with Crippen LogP contribution in [0, 0.1) is 11.3 Å². The van der Waals surface area contributed by atoms with Crippen LogP contribution in [0.4, 0.5) is 0 Å². The SMILES string of the molecule is CC(C)Cn1nc(C(=O)NCC2(C)CCNCC2)c2ccccc2c1=O.Cl. The van der Waals surface area contributed by atoms with Gasteiger partial charge >= 0.3 is 0 Å². The molecular weight excluding hydrogens is 364 g/mol. The van der Waals surface area contributed by atoms with Gasteiger partial charge in [-0.25, -0.2) is 4.68 Å². The predicted octanol–water partition coefficient (Wildman–Crippen LogP) is 2.59. The molecule has 2 N–H and O–H groups in total. The van der Waals surface area contributed by atoms with E-state index in [2.05, 4.69) is 22.7 Å². The van der Waals surface area contributed by atoms with Crippen LogP contribution in [0.5, 0.6) is 0 Å². The molecule has 7 heteroatoms. The van der Waals surface area contributed by atoms with Crippen molar-refractivity contribution in [2.45, 2.75) is 40.2 Å². The average Bonchev–Trinajstić information content (AvgIpc) is 2.62. The first kappa shape index (κ1) is 21.4. The summed E-state index contributed by atoms with van der Waals surface area (Å²) in [6, 6.07) is 7.22. The molecule has 1 saturated heterocycles. The highest BCUT2D eigenvalue weighted by Crippen LogP contribution is 2.26. The molecule has 1 aromatic heterocycles. The fourth-order valence-corrected chi connectivity index (χ4v) is 3.46. The van der Waals surface area contributed by atoms with Gasteiger partial charge in [-0.15, -0.1) is 12.4 Å². The molecule has 0 unspecified atom stereocenters. The molecule has 2 aromatic rings. The predicted molar refractivity (Wildman–Crippen MR) is 111 cm³/mol. The van der Waals surface area contributed by atoms with Crippen molar-refractivity contribution < 1.29 is 4.79 Å². The van der Waals surface area contributed by atoms with Crippen molar-refractivity contribution in [2.24, 2.45) is 11.3 Å². The van der Waals surface area contributed by atoms with Crippen LogP contribution in [0.3, 0.4) is 0 Å². The van der Waals surface area contributed by atoms with Crippen LogP contribution < -0.4 is 16.2 Å². The van der Waals surface area contributed by atoms with Crippen LogP contribution >= 0.6 is 12.4 Å². The second-order valence-corrected chi connectivity index (χ2v) is 8.02. The molecule has 0 saturated carbocycles. The lowest BCUT2D eigenvalue weighted by Gasteiger charge is -2.34. The van der Waals surface area contributed by atoms with E-state index in [1.165, 1.54) is 4.68 Å². The van der Waals surface area contributed by atoms with E-state index in [4.69, 9.17) is 0 Å². The number of aromatic nitrogens is 2. The Kier molecular flexibility index (Phi) is 7.00. The number of nitrogens with zero attached hydrogens (tertiary/aromatic N) is 2. The lowest BCUT2D eigenvalue weighted by atomic mass is 9.81. The molecule has 27 heavy (non-hydrogen) atoms. The zero-order valence-corrected chi connectivity index (χ0v) is 17.1. The maximum Gasteiger partial charge on any atom is 0.274 e. The normalized spacial score (nSPS) is 16.1. The minimum atomic E-state index is -0.210. The Balaban J connectivity index is 0.00000261. The van der Waals surface area contributed by atoms with Gasteiger partial charge in [0.25, 0.3) is 11.5 Å². The summed E-state index contributed by atoms with van der Waals surface area (Å²) < 4.78 is 1.42. The molecule has 0 spiro atoms. The first-order valence-corrected chi connectivity index (χ1v) is 9.38. The molecule has 0 aliphatic carbocycles. The van der Waals surface area contributed by atoms with Gasteiger partial charge in [-0.05, 0) is 43.3 Å². The fraction of sp³-hybridized carbons (Fsp3) is 0.550. The van der Waals surface area contributed by atoms with Crippen LogP contribution in [0.15, 0.2) is 29.1 Å². The van der Waals surface area contributed by atoms with Crippen LogP contribution in [-0.4, -0.2) is 35.3 Å². The highest BCUT2D eigenvalue weighted by molar-refractivity contribution is 6.04. The number of carbonyl (C=O) groups excluding carboxylic acids is 1. The number of piperidine rings is 1. The Morgan fingerprint density at radius 1 is 1.26 bits per heavy atom. The molecule has 1 fully saturated rings. The number of halogens is 1. The minimum absolute atomic E-state index is 0. The van der Waals surface area contributed by atoms with Crippen molar-refractivity contribution in [3.63, 3.8) is 0 Å². The monoisotopic (exact) mass is 392 g/mol. The van der Waals surface area contributed by atoms with Gasteiger partial charge in [0, 0.05) is 18.5 Å². The van der Waals surface area contributed by atoms with Gasteiger partial charge in [-0.3, -0.25) is 9.59 Å². The molecule has 2 heterocycles. The van der Waals surface area contributed by atoms with Gasteiger partial charge in [0.15, 0.2) is 5.69 Å². The van der Waals surface area contributed by atoms with E-state index in [0.29, 0.717) is 29.6 Å². The molecule has 1 amide bonds. The topological polar surface area (TPSA) is 76.0 Å². The lowest BCUT2D eigenvalue weighted by Crippen LogP contribution is -2.43. The number of nitrogens with one attached hydrogen (secondary N) is 2. The Morgan fingerprint density at radius 2 is 1.89 bits per heavy atom. The number of hydrogen-bond acceptors (Lipinski definition) is 4. The third-order valence-electron chi connectivity index (χ3n) is 5.11. The van der Waals surface area contributed by atoms with Crippen molar-refractivity contribution in [3.8, 4) is 0 Å². The summed E-state index contributed by atoms with van der Waals surface area (Å²) >= 11 is 0. The number of amides is 1. The van der Waals surface area contributed by atoms with E-state index in [-0.39, 0.29) is 35.2 Å². The average molecular weight is 393 g/mol. The summed E-state index contributed by atoms with van der Waals surface area (Å²) in [7, 11) is 0. The molecule has 3 rings (SSSR count). The standard InChI is InChI=1S/C20H28N4O2.ClH/c1-14(2)12-24-19(26)16-7-5-4-6-15(16)17(23-24)18(25)22-13-20(3)8-10-21-11-9-20;/h4-7,14,21H,8-13H2,1-3H3,(H,22,25);1H. The van der Waals surface area contributed by atoms with Crippen LogP contribution in [-0.2, 0) is 6.54 Å². The summed E-state index contributed by atoms with van der Waals surface area (Å²) in [6.45, 7) is 9.33. The molecule has 1 aromatic carbocycles. The first-order valence-electron chi connectivity index (χ1n) is 9.38. The van der Waals surface area contributed by atoms with E-state index in [9.17, 15) is 9.59 Å². The van der Waals surface area contributed by atoms with Crippen LogP contribution in [0.2, 0.25) is 0 Å². The summed E-state index contributed by atoms with van der Waals surface area (Å²) in [4.78, 5) is 25.5. The second kappa shape index (κ2) is 8.85. The number of hydrogen-bond donors (Lipinski definition) is 2. The van der Waals surface area contributed by atoms with E-state index in [1.54, 1.807) is 12.1 Å². The first-order chi connectivity index (χ1) is 12.4. The molecule has 1 aliphatic heterocycles. The zero-order valence-electron chi connectivity index (χ0n) is 16.2. The summed E-state index contributed by atoms with van der Waals surface area (Å²) in [6.07, 6.45) is 2.07. The second-order valence-electron chi connectivity index (χ2n) is 8.02. The third-order valence-corrected chi connectivity index (χ3v) is 5.11. The maximum atomic E-state index is 12.9. The van der Waals surface area contributed by atoms with Gasteiger partial charge in [-0.1, -0.05) is 39.0 Å². The van der Waals surface area contributed by atoms with Crippen molar-refractivity contribution in [3.05, 3.63) is 40.3 Å². The van der Waals surface area contributed by atoms with Crippen molar-refractivity contribution >= 4 is 29.1 Å². The summed E-state index contributed by atoms with van der Waals surface area (Å²) in [5, 5.41) is 12.0. The van der Waals surface area contributed by atoms with Crippen molar-refractivity contribution in [1.29, 1.82) is 0 Å². The van der Waals surface area contributed by atoms with Crippen LogP contribution in [0.1, 0.15) is 44.1 Å². The highest BCUT2D eigenvalue weighted by Gasteiger charge is 2.28. The molecule has 0 radical (unpaired) electrons. The zero-order chi connectivity index (χ0) is 18.7. The van der Waals surface area contributed by atoms with Gasteiger partial charge in [0.2, 0.25) is 0 Å². The Hall–Kier alpha value is -1.92. The third kappa shape index (κ3) is 4.87. The quantitative estimate of drug-likeness (QED) is 0.820. The number of fused-ring (bicyclic) bond motifs is 1. The Bertz CT molecular complexity index is 857. The van der Waals surface area contributed by atoms with Gasteiger partial charge < -0.3 is 10.6 Å². The maximum absolute atomic E-state index is 12.9. The van der Waals surface area contributed by atoms with Crippen molar-refractivity contribution in [1.82, 2.24) is 20.4 Å². The van der Waals surface area contributed by atoms with Gasteiger partial charge in [0.05, 0.1) is 5.39 Å². The molecule has 6 nitrogen and oxygen atoms in total. The van der Waals surface area contributed by atoms with Gasteiger partial charge in [0.1, 0.15) is 0 Å². The lowest BCUT2D eigenvalue weighted by molar-refractivity contribution is 0.0916. The molecule has 1 aliphatic rings. The van der Waals surface area contributed by atoms with E-state index in [0.717, 1.165) is 25.9 Å². The van der Waals surface area contributed by atoms with E-state index >= 15 is 0 Å². The number of benzene rings is 1. The van der Waals surface area contributed by atoms with Gasteiger partial charge in [-0.2, -0.15) is 5.10 Å². The number of rotatable bonds is 5. The summed E-state index contributed by atoms with van der Waals surface area (Å²) in [5.41, 5.74) is 0.290. The largest absolute Gasteiger partial charge is 0.350 e. The molecular formula is C20H29ClN4O2. The Morgan fingerprint density at radius 3 is 2.52 bits per heavy atom. The van der Waals surface area contributed by atoms with E-state index < -0.39 is 0 Å². The molecule has 148 valence electrons. The van der Waals surface area contributed by atoms with E-state index in [1.807, 2.05) is 26.0 Å². The highest BCUT2D eigenvalue weighted by atomic mass is 35.5.